The zero-order chi connectivity index (χ0) is 17.6. The predicted octanol–water partition coefficient (Wildman–Crippen LogP) is 4.12. The van der Waals surface area contributed by atoms with Gasteiger partial charge in [-0.05, 0) is 62.5 Å². The molecule has 0 radical (unpaired) electrons. The zero-order valence-corrected chi connectivity index (χ0v) is 17.3. The number of amides is 1. The Balaban J connectivity index is 0.00000182. The molecule has 1 aliphatic rings. The van der Waals surface area contributed by atoms with Crippen molar-refractivity contribution in [1.29, 1.82) is 0 Å². The van der Waals surface area contributed by atoms with E-state index < -0.39 is 6.04 Å². The molecule has 1 atom stereocenters. The van der Waals surface area contributed by atoms with Gasteiger partial charge < -0.3 is 16.0 Å². The number of nitrogens with zero attached hydrogens (tertiary/aromatic N) is 1. The Hall–Kier alpha value is -1.59. The first-order valence-electron chi connectivity index (χ1n) is 9.06. The van der Waals surface area contributed by atoms with Crippen LogP contribution in [0.3, 0.4) is 0 Å². The Labute approximate surface area is 174 Å². The Bertz CT molecular complexity index is 698. The molecule has 1 unspecified atom stereocenters. The highest BCUT2D eigenvalue weighted by atomic mass is 35.5. The van der Waals surface area contributed by atoms with Crippen molar-refractivity contribution in [3.05, 3.63) is 65.2 Å². The summed E-state index contributed by atoms with van der Waals surface area (Å²) in [5.41, 5.74) is 10.1. The van der Waals surface area contributed by atoms with Gasteiger partial charge in [0.2, 0.25) is 5.91 Å². The number of likely N-dealkylation sites (tertiary alicyclic amines) is 1. The minimum Gasteiger partial charge on any atom is -0.324 e. The molecule has 2 aromatic rings. The fourth-order valence-corrected chi connectivity index (χ4v) is 3.19. The van der Waals surface area contributed by atoms with Crippen LogP contribution in [0.5, 0.6) is 0 Å². The maximum absolute atomic E-state index is 12.3. The molecule has 0 aliphatic carbocycles. The van der Waals surface area contributed by atoms with Crippen LogP contribution in [0.2, 0.25) is 0 Å². The lowest BCUT2D eigenvalue weighted by Gasteiger charge is -2.15. The van der Waals surface area contributed by atoms with Crippen molar-refractivity contribution in [2.24, 2.45) is 5.73 Å². The van der Waals surface area contributed by atoms with Gasteiger partial charge in [0.15, 0.2) is 0 Å². The molecular formula is C21H29Cl2N3O. The standard InChI is InChI=1S/C21H27N3O.2ClH/c1-16-4-8-18(9-5-16)20(22)21(25)23-19-10-6-17(7-11-19)12-15-24-13-2-3-14-24;;/h4-11,20H,2-3,12-15,22H2,1H3,(H,23,25);2*1H. The highest BCUT2D eigenvalue weighted by Crippen LogP contribution is 2.16. The summed E-state index contributed by atoms with van der Waals surface area (Å²) in [6.07, 6.45) is 3.70. The molecule has 0 bridgehead atoms. The van der Waals surface area contributed by atoms with E-state index in [-0.39, 0.29) is 30.7 Å². The van der Waals surface area contributed by atoms with Crippen LogP contribution in [0, 0.1) is 6.92 Å². The van der Waals surface area contributed by atoms with E-state index >= 15 is 0 Å². The highest BCUT2D eigenvalue weighted by molar-refractivity contribution is 5.95. The van der Waals surface area contributed by atoms with E-state index in [0.717, 1.165) is 29.8 Å². The lowest BCUT2D eigenvalue weighted by Crippen LogP contribution is -2.27. The number of carbonyl (C=O) groups is 1. The van der Waals surface area contributed by atoms with Crippen LogP contribution in [0.15, 0.2) is 48.5 Å². The first-order chi connectivity index (χ1) is 12.1. The molecule has 1 heterocycles. The molecule has 1 aliphatic heterocycles. The van der Waals surface area contributed by atoms with E-state index in [1.54, 1.807) is 0 Å². The second kappa shape index (κ2) is 11.3. The smallest absolute Gasteiger partial charge is 0.245 e. The van der Waals surface area contributed by atoms with Gasteiger partial charge in [-0.25, -0.2) is 0 Å². The van der Waals surface area contributed by atoms with E-state index in [4.69, 9.17) is 5.73 Å². The van der Waals surface area contributed by atoms with Crippen molar-refractivity contribution in [3.63, 3.8) is 0 Å². The van der Waals surface area contributed by atoms with Crippen molar-refractivity contribution in [2.45, 2.75) is 32.2 Å². The Kier molecular flexibility index (Phi) is 9.81. The van der Waals surface area contributed by atoms with E-state index in [0.29, 0.717) is 0 Å². The number of anilines is 1. The molecule has 3 N–H and O–H groups in total. The Morgan fingerprint density at radius 2 is 1.63 bits per heavy atom. The summed E-state index contributed by atoms with van der Waals surface area (Å²) in [6, 6.07) is 15.2. The molecule has 1 amide bonds. The summed E-state index contributed by atoms with van der Waals surface area (Å²) in [5.74, 6) is -0.186. The van der Waals surface area contributed by atoms with E-state index in [1.807, 2.05) is 43.3 Å². The fraction of sp³-hybridized carbons (Fsp3) is 0.381. The molecule has 27 heavy (non-hydrogen) atoms. The van der Waals surface area contributed by atoms with Crippen molar-refractivity contribution in [2.75, 3.05) is 25.0 Å². The zero-order valence-electron chi connectivity index (χ0n) is 15.7. The maximum atomic E-state index is 12.3. The topological polar surface area (TPSA) is 58.4 Å². The maximum Gasteiger partial charge on any atom is 0.245 e. The summed E-state index contributed by atoms with van der Waals surface area (Å²) in [5, 5.41) is 2.90. The van der Waals surface area contributed by atoms with Gasteiger partial charge in [0, 0.05) is 12.2 Å². The van der Waals surface area contributed by atoms with E-state index in [9.17, 15) is 4.79 Å². The number of benzene rings is 2. The molecule has 1 saturated heterocycles. The lowest BCUT2D eigenvalue weighted by atomic mass is 10.1. The van der Waals surface area contributed by atoms with Gasteiger partial charge in [-0.15, -0.1) is 24.8 Å². The number of halogens is 2. The quantitative estimate of drug-likeness (QED) is 0.754. The number of nitrogens with two attached hydrogens (primary N) is 1. The minimum absolute atomic E-state index is 0. The van der Waals surface area contributed by atoms with Gasteiger partial charge in [-0.1, -0.05) is 42.0 Å². The van der Waals surface area contributed by atoms with Crippen LogP contribution in [-0.2, 0) is 11.2 Å². The number of hydrogen-bond acceptors (Lipinski definition) is 3. The van der Waals surface area contributed by atoms with Gasteiger partial charge in [-0.2, -0.15) is 0 Å². The lowest BCUT2D eigenvalue weighted by molar-refractivity contribution is -0.117. The third-order valence-electron chi connectivity index (χ3n) is 4.86. The Morgan fingerprint density at radius 3 is 2.22 bits per heavy atom. The van der Waals surface area contributed by atoms with Gasteiger partial charge in [0.25, 0.3) is 0 Å². The van der Waals surface area contributed by atoms with E-state index in [1.165, 1.54) is 31.5 Å². The van der Waals surface area contributed by atoms with Crippen LogP contribution < -0.4 is 11.1 Å². The van der Waals surface area contributed by atoms with Gasteiger partial charge >= 0.3 is 0 Å². The van der Waals surface area contributed by atoms with Crippen LogP contribution in [0.1, 0.15) is 35.6 Å². The first-order valence-corrected chi connectivity index (χ1v) is 9.06. The van der Waals surface area contributed by atoms with Crippen LogP contribution in [0.4, 0.5) is 5.69 Å². The second-order valence-corrected chi connectivity index (χ2v) is 6.87. The third kappa shape index (κ3) is 6.82. The van der Waals surface area contributed by atoms with E-state index in [2.05, 4.69) is 22.3 Å². The van der Waals surface area contributed by atoms with Crippen molar-refractivity contribution in [3.8, 4) is 0 Å². The Morgan fingerprint density at radius 1 is 1.04 bits per heavy atom. The second-order valence-electron chi connectivity index (χ2n) is 6.87. The van der Waals surface area contributed by atoms with Gasteiger partial charge in [0.1, 0.15) is 6.04 Å². The van der Waals surface area contributed by atoms with Crippen LogP contribution in [-0.4, -0.2) is 30.4 Å². The molecule has 1 fully saturated rings. The van der Waals surface area contributed by atoms with Crippen LogP contribution >= 0.6 is 24.8 Å². The van der Waals surface area contributed by atoms with Crippen molar-refractivity contribution in [1.82, 2.24) is 4.90 Å². The summed E-state index contributed by atoms with van der Waals surface area (Å²) < 4.78 is 0. The largest absolute Gasteiger partial charge is 0.324 e. The molecule has 4 nitrogen and oxygen atoms in total. The number of rotatable bonds is 6. The van der Waals surface area contributed by atoms with Crippen LogP contribution in [0.25, 0.3) is 0 Å². The number of hydrogen-bond donors (Lipinski definition) is 2. The number of carbonyl (C=O) groups excluding carboxylic acids is 1. The summed E-state index contributed by atoms with van der Waals surface area (Å²) in [6.45, 7) is 5.58. The fourth-order valence-electron chi connectivity index (χ4n) is 3.19. The molecule has 0 aromatic heterocycles. The van der Waals surface area contributed by atoms with Crippen molar-refractivity contribution < 1.29 is 4.79 Å². The van der Waals surface area contributed by atoms with Gasteiger partial charge in [0.05, 0.1) is 0 Å². The normalized spacial score (nSPS) is 14.7. The number of aryl methyl sites for hydroxylation is 1. The first kappa shape index (κ1) is 23.4. The molecule has 0 saturated carbocycles. The predicted molar refractivity (Wildman–Crippen MR) is 117 cm³/mol. The average molecular weight is 410 g/mol. The molecule has 0 spiro atoms. The molecule has 6 heteroatoms. The average Bonchev–Trinajstić information content (AvgIpc) is 3.15. The molecular weight excluding hydrogens is 381 g/mol. The molecule has 2 aromatic carbocycles. The minimum atomic E-state index is -0.657. The SMILES string of the molecule is Cc1ccc(C(N)C(=O)Nc2ccc(CCN3CCCC3)cc2)cc1.Cl.Cl. The summed E-state index contributed by atoms with van der Waals surface area (Å²) in [4.78, 5) is 14.8. The monoisotopic (exact) mass is 409 g/mol. The van der Waals surface area contributed by atoms with Crippen molar-refractivity contribution >= 4 is 36.4 Å². The third-order valence-corrected chi connectivity index (χ3v) is 4.86. The summed E-state index contributed by atoms with van der Waals surface area (Å²) in [7, 11) is 0. The number of nitrogens with one attached hydrogen (secondary N) is 1. The van der Waals surface area contributed by atoms with Gasteiger partial charge in [-0.3, -0.25) is 4.79 Å². The molecule has 3 rings (SSSR count). The highest BCUT2D eigenvalue weighted by Gasteiger charge is 2.16. The molecule has 148 valence electrons. The summed E-state index contributed by atoms with van der Waals surface area (Å²) >= 11 is 0.